The van der Waals surface area contributed by atoms with Crippen LogP contribution in [0.15, 0.2) is 0 Å². The van der Waals surface area contributed by atoms with Crippen molar-refractivity contribution in [1.82, 2.24) is 4.90 Å². The maximum Gasteiger partial charge on any atom is 0.341 e. The molecule has 2 aliphatic rings. The number of carbonyl (C=O) groups is 2. The molecule has 6 nitrogen and oxygen atoms in total. The molecule has 0 spiro atoms. The third kappa shape index (κ3) is 4.89. The molecule has 0 radical (unpaired) electrons. The molecule has 0 unspecified atom stereocenters. The molecule has 1 saturated heterocycles. The maximum absolute atomic E-state index is 12.7. The lowest BCUT2D eigenvalue weighted by atomic mass is 9.88. The van der Waals surface area contributed by atoms with Crippen molar-refractivity contribution >= 4 is 28.2 Å². The second kappa shape index (κ2) is 8.71. The Morgan fingerprint density at radius 3 is 2.63 bits per heavy atom. The van der Waals surface area contributed by atoms with E-state index in [0.29, 0.717) is 29.6 Å². The largest absolute Gasteiger partial charge is 0.462 e. The first-order chi connectivity index (χ1) is 12.9. The van der Waals surface area contributed by atoms with Crippen molar-refractivity contribution in [2.45, 2.75) is 59.2 Å². The van der Waals surface area contributed by atoms with E-state index in [1.165, 1.54) is 16.2 Å². The summed E-state index contributed by atoms with van der Waals surface area (Å²) in [5.41, 5.74) is 1.64. The van der Waals surface area contributed by atoms with E-state index in [9.17, 15) is 9.59 Å². The number of hydrogen-bond donors (Lipinski definition) is 1. The molecule has 1 aromatic rings. The minimum absolute atomic E-state index is 0.0894. The minimum Gasteiger partial charge on any atom is -0.462 e. The van der Waals surface area contributed by atoms with Crippen molar-refractivity contribution in [3.8, 4) is 0 Å². The van der Waals surface area contributed by atoms with Crippen LogP contribution in [0.3, 0.4) is 0 Å². The van der Waals surface area contributed by atoms with Gasteiger partial charge in [0.2, 0.25) is 5.91 Å². The lowest BCUT2D eigenvalue weighted by Gasteiger charge is -2.34. The molecule has 1 aromatic heterocycles. The predicted octanol–water partition coefficient (Wildman–Crippen LogP) is 3.10. The van der Waals surface area contributed by atoms with Crippen LogP contribution < -0.4 is 5.32 Å². The van der Waals surface area contributed by atoms with Crippen molar-refractivity contribution < 1.29 is 19.1 Å². The van der Waals surface area contributed by atoms with E-state index in [0.717, 1.165) is 37.9 Å². The first-order valence-electron chi connectivity index (χ1n) is 9.86. The predicted molar refractivity (Wildman–Crippen MR) is 107 cm³/mol. The van der Waals surface area contributed by atoms with Gasteiger partial charge in [-0.3, -0.25) is 9.69 Å². The Balaban J connectivity index is 1.75. The van der Waals surface area contributed by atoms with E-state index in [1.807, 2.05) is 13.8 Å². The fourth-order valence-corrected chi connectivity index (χ4v) is 5.46. The van der Waals surface area contributed by atoms with Gasteiger partial charge in [0.15, 0.2) is 0 Å². The summed E-state index contributed by atoms with van der Waals surface area (Å²) < 4.78 is 11.0. The molecule has 2 heterocycles. The zero-order valence-corrected chi connectivity index (χ0v) is 17.5. The quantitative estimate of drug-likeness (QED) is 0.778. The highest BCUT2D eigenvalue weighted by molar-refractivity contribution is 7.17. The van der Waals surface area contributed by atoms with E-state index >= 15 is 0 Å². The summed E-state index contributed by atoms with van der Waals surface area (Å²) in [6, 6.07) is 0. The molecule has 27 heavy (non-hydrogen) atoms. The van der Waals surface area contributed by atoms with Crippen LogP contribution >= 0.6 is 11.3 Å². The van der Waals surface area contributed by atoms with E-state index < -0.39 is 0 Å². The van der Waals surface area contributed by atoms with Crippen molar-refractivity contribution in [2.75, 3.05) is 31.6 Å². The number of rotatable bonds is 5. The van der Waals surface area contributed by atoms with Crippen LogP contribution in [0, 0.1) is 5.92 Å². The Morgan fingerprint density at radius 1 is 1.26 bits per heavy atom. The van der Waals surface area contributed by atoms with Crippen LogP contribution in [-0.4, -0.2) is 55.2 Å². The van der Waals surface area contributed by atoms with Crippen molar-refractivity contribution in [2.24, 2.45) is 5.92 Å². The summed E-state index contributed by atoms with van der Waals surface area (Å²) in [6.45, 7) is 10.2. The van der Waals surface area contributed by atoms with E-state index in [4.69, 9.17) is 9.47 Å². The molecule has 1 aliphatic heterocycles. The zero-order valence-electron chi connectivity index (χ0n) is 16.7. The average molecular weight is 395 g/mol. The number of anilines is 1. The number of fused-ring (bicyclic) bond motifs is 1. The molecule has 1 aliphatic carbocycles. The number of ether oxygens (including phenoxy) is 2. The highest BCUT2D eigenvalue weighted by atomic mass is 32.1. The standard InChI is InChI=1S/C20H30N2O4S/c1-5-25-20(24)18-15-7-6-12(2)8-16(15)27-19(18)21-17(23)11-22-9-13(3)26-14(4)10-22/h12-14H,5-11H2,1-4H3,(H,21,23)/t12-,13+,14+/m1/s1. The molecule has 1 amide bonds. The molecule has 3 atom stereocenters. The molecule has 0 bridgehead atoms. The van der Waals surface area contributed by atoms with Crippen LogP contribution in [0.4, 0.5) is 5.00 Å². The van der Waals surface area contributed by atoms with Gasteiger partial charge in [-0.05, 0) is 51.5 Å². The van der Waals surface area contributed by atoms with Gasteiger partial charge < -0.3 is 14.8 Å². The van der Waals surface area contributed by atoms with Crippen LogP contribution in [0.2, 0.25) is 0 Å². The Labute approximate surface area is 165 Å². The highest BCUT2D eigenvalue weighted by Crippen LogP contribution is 2.40. The summed E-state index contributed by atoms with van der Waals surface area (Å²) in [5, 5.41) is 3.64. The van der Waals surface area contributed by atoms with Gasteiger partial charge in [0.1, 0.15) is 5.00 Å². The topological polar surface area (TPSA) is 67.9 Å². The van der Waals surface area contributed by atoms with Gasteiger partial charge >= 0.3 is 5.97 Å². The Hall–Kier alpha value is -1.44. The van der Waals surface area contributed by atoms with Gasteiger partial charge in [-0.25, -0.2) is 4.79 Å². The van der Waals surface area contributed by atoms with Crippen molar-refractivity contribution in [3.63, 3.8) is 0 Å². The smallest absolute Gasteiger partial charge is 0.341 e. The highest BCUT2D eigenvalue weighted by Gasteiger charge is 2.30. The zero-order chi connectivity index (χ0) is 19.6. The normalized spacial score (nSPS) is 25.7. The fraction of sp³-hybridized carbons (Fsp3) is 0.700. The number of amides is 1. The molecule has 1 fully saturated rings. The van der Waals surface area contributed by atoms with Gasteiger partial charge in [0, 0.05) is 18.0 Å². The molecule has 1 N–H and O–H groups in total. The number of nitrogens with zero attached hydrogens (tertiary/aromatic N) is 1. The van der Waals surface area contributed by atoms with Crippen LogP contribution in [0.25, 0.3) is 0 Å². The summed E-state index contributed by atoms with van der Waals surface area (Å²) in [4.78, 5) is 28.5. The lowest BCUT2D eigenvalue weighted by molar-refractivity contribution is -0.121. The molecular formula is C20H30N2O4S. The van der Waals surface area contributed by atoms with Crippen molar-refractivity contribution in [1.29, 1.82) is 0 Å². The summed E-state index contributed by atoms with van der Waals surface area (Å²) >= 11 is 1.54. The number of hydrogen-bond acceptors (Lipinski definition) is 6. The monoisotopic (exact) mass is 394 g/mol. The van der Waals surface area contributed by atoms with Crippen LogP contribution in [0.1, 0.15) is 54.9 Å². The SMILES string of the molecule is CCOC(=O)c1c(NC(=O)CN2C[C@H](C)O[C@@H](C)C2)sc2c1CC[C@@H](C)C2. The first-order valence-corrected chi connectivity index (χ1v) is 10.7. The molecule has 0 saturated carbocycles. The number of esters is 1. The second-order valence-electron chi connectivity index (χ2n) is 7.78. The number of thiophene rings is 1. The third-order valence-corrected chi connectivity index (χ3v) is 6.28. The molecule has 150 valence electrons. The Morgan fingerprint density at radius 2 is 1.96 bits per heavy atom. The lowest BCUT2D eigenvalue weighted by Crippen LogP contribution is -2.48. The number of morpholine rings is 1. The average Bonchev–Trinajstić information content (AvgIpc) is 2.90. The van der Waals surface area contributed by atoms with Crippen LogP contribution in [0.5, 0.6) is 0 Å². The van der Waals surface area contributed by atoms with Gasteiger partial charge in [0.25, 0.3) is 0 Å². The maximum atomic E-state index is 12.7. The number of nitrogens with one attached hydrogen (secondary N) is 1. The third-order valence-electron chi connectivity index (χ3n) is 5.11. The Kier molecular flexibility index (Phi) is 6.55. The van der Waals surface area contributed by atoms with E-state index in [1.54, 1.807) is 6.92 Å². The van der Waals surface area contributed by atoms with Crippen molar-refractivity contribution in [3.05, 3.63) is 16.0 Å². The molecule has 3 rings (SSSR count). The van der Waals surface area contributed by atoms with Gasteiger partial charge in [0.05, 0.1) is 30.9 Å². The molecular weight excluding hydrogens is 364 g/mol. The number of carbonyl (C=O) groups excluding carboxylic acids is 2. The minimum atomic E-state index is -0.325. The second-order valence-corrected chi connectivity index (χ2v) is 8.88. The fourth-order valence-electron chi connectivity index (χ4n) is 4.04. The summed E-state index contributed by atoms with van der Waals surface area (Å²) in [5.74, 6) is 0.188. The van der Waals surface area contributed by atoms with E-state index in [2.05, 4.69) is 17.1 Å². The van der Waals surface area contributed by atoms with Gasteiger partial charge in [-0.15, -0.1) is 11.3 Å². The van der Waals surface area contributed by atoms with Gasteiger partial charge in [-0.1, -0.05) is 6.92 Å². The molecule has 0 aromatic carbocycles. The summed E-state index contributed by atoms with van der Waals surface area (Å²) in [7, 11) is 0. The molecule has 7 heteroatoms. The Bertz CT molecular complexity index is 692. The van der Waals surface area contributed by atoms with Crippen LogP contribution in [-0.2, 0) is 27.1 Å². The summed E-state index contributed by atoms with van der Waals surface area (Å²) in [6.07, 6.45) is 3.13. The first kappa shape index (κ1) is 20.3. The van der Waals surface area contributed by atoms with E-state index in [-0.39, 0.29) is 24.1 Å². The van der Waals surface area contributed by atoms with Gasteiger partial charge in [-0.2, -0.15) is 0 Å².